The fourth-order valence-electron chi connectivity index (χ4n) is 4.05. The quantitative estimate of drug-likeness (QED) is 0.779. The van der Waals surface area contributed by atoms with E-state index in [1.165, 1.54) is 5.56 Å². The van der Waals surface area contributed by atoms with Gasteiger partial charge in [-0.05, 0) is 30.5 Å². The standard InChI is InChI=1S/C20H20Cl2FN3O/c21-16-10-15(11-17(22)18(16)23)26-13-24-19(27)20(26)6-8-25(9-7-20)12-14-4-2-1-3-5-14/h1-5,10-11H,6-9,12-13H2,(H,24,27). The largest absolute Gasteiger partial charge is 0.339 e. The maximum Gasteiger partial charge on any atom is 0.247 e. The number of carbonyl (C=O) groups excluding carboxylic acids is 1. The van der Waals surface area contributed by atoms with Crippen molar-refractivity contribution in [3.05, 3.63) is 63.9 Å². The highest BCUT2D eigenvalue weighted by Gasteiger charge is 2.50. The number of hydrogen-bond acceptors (Lipinski definition) is 3. The average molecular weight is 408 g/mol. The van der Waals surface area contributed by atoms with Gasteiger partial charge in [0.25, 0.3) is 0 Å². The molecule has 4 rings (SSSR count). The van der Waals surface area contributed by atoms with Gasteiger partial charge in [-0.25, -0.2) is 4.39 Å². The van der Waals surface area contributed by atoms with Crippen molar-refractivity contribution in [1.29, 1.82) is 0 Å². The second kappa shape index (κ2) is 7.30. The Kier molecular flexibility index (Phi) is 5.01. The van der Waals surface area contributed by atoms with E-state index in [0.717, 1.165) is 19.6 Å². The van der Waals surface area contributed by atoms with Crippen molar-refractivity contribution in [2.45, 2.75) is 24.9 Å². The van der Waals surface area contributed by atoms with E-state index in [2.05, 4.69) is 22.3 Å². The van der Waals surface area contributed by atoms with E-state index >= 15 is 0 Å². The number of piperidine rings is 1. The topological polar surface area (TPSA) is 35.6 Å². The normalized spacial score (nSPS) is 19.5. The second-order valence-corrected chi connectivity index (χ2v) is 7.92. The molecule has 142 valence electrons. The van der Waals surface area contributed by atoms with Crippen molar-refractivity contribution in [3.8, 4) is 0 Å². The molecule has 2 fully saturated rings. The summed E-state index contributed by atoms with van der Waals surface area (Å²) in [4.78, 5) is 17.1. The van der Waals surface area contributed by atoms with E-state index < -0.39 is 11.4 Å². The van der Waals surface area contributed by atoms with Crippen LogP contribution < -0.4 is 10.2 Å². The molecule has 2 aliphatic heterocycles. The first kappa shape index (κ1) is 18.5. The molecule has 2 aliphatic rings. The van der Waals surface area contributed by atoms with Crippen LogP contribution in [-0.4, -0.2) is 36.1 Å². The van der Waals surface area contributed by atoms with Crippen LogP contribution in [0.4, 0.5) is 10.1 Å². The molecule has 2 heterocycles. The molecule has 0 saturated carbocycles. The lowest BCUT2D eigenvalue weighted by Gasteiger charge is -2.43. The number of carbonyl (C=O) groups is 1. The van der Waals surface area contributed by atoms with Gasteiger partial charge in [-0.1, -0.05) is 53.5 Å². The van der Waals surface area contributed by atoms with Gasteiger partial charge in [0.05, 0.1) is 16.7 Å². The van der Waals surface area contributed by atoms with E-state index in [0.29, 0.717) is 25.2 Å². The molecule has 1 amide bonds. The monoisotopic (exact) mass is 407 g/mol. The van der Waals surface area contributed by atoms with Gasteiger partial charge < -0.3 is 10.2 Å². The molecule has 4 nitrogen and oxygen atoms in total. The average Bonchev–Trinajstić information content (AvgIpc) is 2.98. The van der Waals surface area contributed by atoms with Crippen LogP contribution in [0.1, 0.15) is 18.4 Å². The van der Waals surface area contributed by atoms with E-state index in [9.17, 15) is 9.18 Å². The Balaban J connectivity index is 1.54. The van der Waals surface area contributed by atoms with Crippen molar-refractivity contribution >= 4 is 34.8 Å². The second-order valence-electron chi connectivity index (χ2n) is 7.11. The molecule has 2 saturated heterocycles. The Morgan fingerprint density at radius 1 is 1.07 bits per heavy atom. The first-order chi connectivity index (χ1) is 13.0. The summed E-state index contributed by atoms with van der Waals surface area (Å²) in [5, 5.41) is 2.87. The summed E-state index contributed by atoms with van der Waals surface area (Å²) in [7, 11) is 0. The summed E-state index contributed by atoms with van der Waals surface area (Å²) in [5.41, 5.74) is 1.29. The Hall–Kier alpha value is -1.82. The Bertz CT molecular complexity index is 831. The Morgan fingerprint density at radius 3 is 2.33 bits per heavy atom. The molecule has 7 heteroatoms. The lowest BCUT2D eigenvalue weighted by atomic mass is 9.85. The van der Waals surface area contributed by atoms with E-state index in [-0.39, 0.29) is 16.0 Å². The number of amides is 1. The van der Waals surface area contributed by atoms with Crippen molar-refractivity contribution in [3.63, 3.8) is 0 Å². The summed E-state index contributed by atoms with van der Waals surface area (Å²) in [6, 6.07) is 13.4. The Morgan fingerprint density at radius 2 is 1.70 bits per heavy atom. The number of nitrogens with one attached hydrogen (secondary N) is 1. The van der Waals surface area contributed by atoms with Crippen LogP contribution in [0.3, 0.4) is 0 Å². The smallest absolute Gasteiger partial charge is 0.247 e. The number of benzene rings is 2. The Labute approximate surface area is 167 Å². The minimum atomic E-state index is -0.641. The van der Waals surface area contributed by atoms with Crippen LogP contribution in [0.5, 0.6) is 0 Å². The van der Waals surface area contributed by atoms with Crippen LogP contribution >= 0.6 is 23.2 Å². The zero-order valence-electron chi connectivity index (χ0n) is 14.7. The van der Waals surface area contributed by atoms with Gasteiger partial charge in [-0.15, -0.1) is 0 Å². The summed E-state index contributed by atoms with van der Waals surface area (Å²) >= 11 is 12.0. The van der Waals surface area contributed by atoms with Gasteiger partial charge in [0.2, 0.25) is 5.91 Å². The van der Waals surface area contributed by atoms with Crippen LogP contribution in [0.2, 0.25) is 10.0 Å². The molecule has 0 aromatic heterocycles. The lowest BCUT2D eigenvalue weighted by molar-refractivity contribution is -0.125. The van der Waals surface area contributed by atoms with E-state index in [4.69, 9.17) is 23.2 Å². The third kappa shape index (κ3) is 3.40. The van der Waals surface area contributed by atoms with Gasteiger partial charge >= 0.3 is 0 Å². The predicted octanol–water partition coefficient (Wildman–Crippen LogP) is 4.06. The van der Waals surface area contributed by atoms with Gasteiger partial charge in [0.1, 0.15) is 5.54 Å². The van der Waals surface area contributed by atoms with Gasteiger partial charge in [-0.3, -0.25) is 9.69 Å². The highest BCUT2D eigenvalue weighted by molar-refractivity contribution is 6.35. The molecule has 0 radical (unpaired) electrons. The van der Waals surface area contributed by atoms with Crippen molar-refractivity contribution < 1.29 is 9.18 Å². The first-order valence-corrected chi connectivity index (χ1v) is 9.72. The van der Waals surface area contributed by atoms with Crippen molar-refractivity contribution in [1.82, 2.24) is 10.2 Å². The molecule has 2 aromatic rings. The van der Waals surface area contributed by atoms with Gasteiger partial charge in [0, 0.05) is 25.3 Å². The summed E-state index contributed by atoms with van der Waals surface area (Å²) in [5.74, 6) is -0.620. The number of anilines is 1. The summed E-state index contributed by atoms with van der Waals surface area (Å²) in [6.45, 7) is 2.85. The van der Waals surface area contributed by atoms with Crippen molar-refractivity contribution in [2.24, 2.45) is 0 Å². The molecule has 1 N–H and O–H groups in total. The highest BCUT2D eigenvalue weighted by Crippen LogP contribution is 2.39. The maximum absolute atomic E-state index is 13.8. The fraction of sp³-hybridized carbons (Fsp3) is 0.350. The predicted molar refractivity (Wildman–Crippen MR) is 106 cm³/mol. The van der Waals surface area contributed by atoms with Gasteiger partial charge in [-0.2, -0.15) is 0 Å². The molecular weight excluding hydrogens is 388 g/mol. The van der Waals surface area contributed by atoms with E-state index in [1.54, 1.807) is 12.1 Å². The SMILES string of the molecule is O=C1NCN(c2cc(Cl)c(F)c(Cl)c2)C12CCN(Cc1ccccc1)CC2. The molecule has 0 unspecified atom stereocenters. The third-order valence-electron chi connectivity index (χ3n) is 5.55. The first-order valence-electron chi connectivity index (χ1n) is 8.96. The molecular formula is C20H20Cl2FN3O. The van der Waals surface area contributed by atoms with Crippen LogP contribution in [0, 0.1) is 5.82 Å². The minimum Gasteiger partial charge on any atom is -0.339 e. The van der Waals surface area contributed by atoms with Crippen LogP contribution in [0.15, 0.2) is 42.5 Å². The third-order valence-corrected chi connectivity index (χ3v) is 6.10. The number of rotatable bonds is 3. The number of hydrogen-bond donors (Lipinski definition) is 1. The van der Waals surface area contributed by atoms with Crippen LogP contribution in [-0.2, 0) is 11.3 Å². The number of halogens is 3. The van der Waals surface area contributed by atoms with Crippen LogP contribution in [0.25, 0.3) is 0 Å². The molecule has 0 bridgehead atoms. The fourth-order valence-corrected chi connectivity index (χ4v) is 4.52. The van der Waals surface area contributed by atoms with Crippen molar-refractivity contribution in [2.75, 3.05) is 24.7 Å². The lowest BCUT2D eigenvalue weighted by Crippen LogP contribution is -2.56. The zero-order chi connectivity index (χ0) is 19.0. The summed E-state index contributed by atoms with van der Waals surface area (Å²) < 4.78 is 13.8. The molecule has 0 atom stereocenters. The minimum absolute atomic E-state index is 0.0124. The van der Waals surface area contributed by atoms with Gasteiger partial charge in [0.15, 0.2) is 5.82 Å². The number of likely N-dealkylation sites (tertiary alicyclic amines) is 1. The zero-order valence-corrected chi connectivity index (χ0v) is 16.2. The number of nitrogens with zero attached hydrogens (tertiary/aromatic N) is 2. The van der Waals surface area contributed by atoms with E-state index in [1.807, 2.05) is 23.1 Å². The molecule has 27 heavy (non-hydrogen) atoms. The molecule has 2 aromatic carbocycles. The highest BCUT2D eigenvalue weighted by atomic mass is 35.5. The molecule has 0 aliphatic carbocycles. The maximum atomic E-state index is 13.8. The summed E-state index contributed by atoms with van der Waals surface area (Å²) in [6.07, 6.45) is 1.39. The molecule has 1 spiro atoms.